The molecule has 6 heteroatoms. The van der Waals surface area contributed by atoms with Gasteiger partial charge in [0.25, 0.3) is 0 Å². The molecule has 1 aromatic heterocycles. The highest BCUT2D eigenvalue weighted by Crippen LogP contribution is 2.26. The van der Waals surface area contributed by atoms with Crippen molar-refractivity contribution in [2.45, 2.75) is 12.3 Å². The third-order valence-electron chi connectivity index (χ3n) is 2.23. The second kappa shape index (κ2) is 3.20. The van der Waals surface area contributed by atoms with Crippen molar-refractivity contribution in [1.29, 1.82) is 0 Å². The second-order valence-electron chi connectivity index (χ2n) is 3.29. The summed E-state index contributed by atoms with van der Waals surface area (Å²) in [6.45, 7) is 3.48. The minimum atomic E-state index is -2.89. The first kappa shape index (κ1) is 9.39. The molecule has 1 atom stereocenters. The van der Waals surface area contributed by atoms with Crippen molar-refractivity contribution in [3.8, 4) is 0 Å². The Morgan fingerprint density at radius 3 is 2.86 bits per heavy atom. The van der Waals surface area contributed by atoms with Crippen LogP contribution in [0.1, 0.15) is 24.1 Å². The van der Waals surface area contributed by atoms with Gasteiger partial charge >= 0.3 is 0 Å². The normalized spacial score (nSPS) is 25.0. The maximum atomic E-state index is 11.2. The van der Waals surface area contributed by atoms with Gasteiger partial charge in [0.1, 0.15) is 0 Å². The summed E-state index contributed by atoms with van der Waals surface area (Å²) >= 11 is 0. The van der Waals surface area contributed by atoms with Gasteiger partial charge in [0, 0.05) is 5.92 Å². The van der Waals surface area contributed by atoms with Crippen molar-refractivity contribution in [1.82, 2.24) is 10.1 Å². The highest BCUT2D eigenvalue weighted by atomic mass is 32.2. The topological polar surface area (TPSA) is 73.1 Å². The zero-order valence-electron chi connectivity index (χ0n) is 7.51. The zero-order chi connectivity index (χ0) is 10.2. The number of nitrogens with zero attached hydrogens (tertiary/aromatic N) is 2. The Morgan fingerprint density at radius 1 is 1.57 bits per heavy atom. The Labute approximate surface area is 81.7 Å². The van der Waals surface area contributed by atoms with Gasteiger partial charge in [-0.3, -0.25) is 0 Å². The molecule has 0 saturated carbocycles. The summed E-state index contributed by atoms with van der Waals surface area (Å²) in [6.07, 6.45) is 2.03. The summed E-state index contributed by atoms with van der Waals surface area (Å²) in [5.41, 5.74) is 0. The van der Waals surface area contributed by atoms with E-state index in [1.807, 2.05) is 0 Å². The molecule has 0 spiro atoms. The van der Waals surface area contributed by atoms with E-state index >= 15 is 0 Å². The smallest absolute Gasteiger partial charge is 0.250 e. The fourth-order valence-corrected chi connectivity index (χ4v) is 3.23. The summed E-state index contributed by atoms with van der Waals surface area (Å²) in [7, 11) is -2.89. The second-order valence-corrected chi connectivity index (χ2v) is 5.52. The van der Waals surface area contributed by atoms with Crippen LogP contribution in [0.5, 0.6) is 0 Å². The maximum Gasteiger partial charge on any atom is 0.250 e. The lowest BCUT2D eigenvalue weighted by Gasteiger charge is -1.97. The lowest BCUT2D eigenvalue weighted by atomic mass is 10.1. The quantitative estimate of drug-likeness (QED) is 0.721. The molecule has 14 heavy (non-hydrogen) atoms. The van der Waals surface area contributed by atoms with E-state index in [-0.39, 0.29) is 17.4 Å². The average molecular weight is 214 g/mol. The van der Waals surface area contributed by atoms with Crippen LogP contribution in [0.25, 0.3) is 6.08 Å². The zero-order valence-corrected chi connectivity index (χ0v) is 8.33. The molecule has 5 nitrogen and oxygen atoms in total. The van der Waals surface area contributed by atoms with E-state index in [4.69, 9.17) is 4.52 Å². The van der Waals surface area contributed by atoms with Crippen LogP contribution < -0.4 is 0 Å². The molecule has 1 unspecified atom stereocenters. The van der Waals surface area contributed by atoms with Gasteiger partial charge in [-0.2, -0.15) is 4.98 Å². The highest BCUT2D eigenvalue weighted by Gasteiger charge is 2.32. The number of aromatic nitrogens is 2. The van der Waals surface area contributed by atoms with Crippen LogP contribution >= 0.6 is 0 Å². The van der Waals surface area contributed by atoms with Gasteiger partial charge in [0.15, 0.2) is 15.7 Å². The van der Waals surface area contributed by atoms with Gasteiger partial charge in [-0.25, -0.2) is 8.42 Å². The predicted octanol–water partition coefficient (Wildman–Crippen LogP) is 0.615. The Kier molecular flexibility index (Phi) is 2.14. The van der Waals surface area contributed by atoms with Gasteiger partial charge in [-0.1, -0.05) is 11.7 Å². The molecular formula is C8H10N2O3S. The predicted molar refractivity (Wildman–Crippen MR) is 50.4 cm³/mol. The molecule has 1 aromatic rings. The Bertz CT molecular complexity index is 449. The van der Waals surface area contributed by atoms with Gasteiger partial charge in [0.2, 0.25) is 5.89 Å². The number of hydrogen-bond acceptors (Lipinski definition) is 5. The molecule has 76 valence electrons. The van der Waals surface area contributed by atoms with E-state index < -0.39 is 9.84 Å². The van der Waals surface area contributed by atoms with Crippen LogP contribution in [0.4, 0.5) is 0 Å². The van der Waals surface area contributed by atoms with Gasteiger partial charge in [0.05, 0.1) is 11.5 Å². The number of sulfone groups is 1. The number of rotatable bonds is 2. The molecule has 0 radical (unpaired) electrons. The molecule has 0 aromatic carbocycles. The molecule has 1 saturated heterocycles. The van der Waals surface area contributed by atoms with E-state index in [9.17, 15) is 8.42 Å². The molecule has 0 N–H and O–H groups in total. The summed E-state index contributed by atoms with van der Waals surface area (Å²) in [6, 6.07) is 0. The molecule has 0 aliphatic carbocycles. The maximum absolute atomic E-state index is 11.2. The Hall–Kier alpha value is -1.17. The van der Waals surface area contributed by atoms with Crippen molar-refractivity contribution in [2.24, 2.45) is 0 Å². The minimum absolute atomic E-state index is 0.113. The van der Waals surface area contributed by atoms with Crippen molar-refractivity contribution in [2.75, 3.05) is 11.5 Å². The summed E-state index contributed by atoms with van der Waals surface area (Å²) in [4.78, 5) is 4.02. The van der Waals surface area contributed by atoms with E-state index in [0.29, 0.717) is 18.1 Å². The monoisotopic (exact) mass is 214 g/mol. The molecule has 2 heterocycles. The first-order valence-corrected chi connectivity index (χ1v) is 6.09. The largest absolute Gasteiger partial charge is 0.335 e. The number of hydrogen-bond donors (Lipinski definition) is 0. The lowest BCUT2D eigenvalue weighted by Crippen LogP contribution is -2.04. The SMILES string of the molecule is C=Cc1nc(C2CCS(=O)(=O)C2)no1. The van der Waals surface area contributed by atoms with E-state index in [1.165, 1.54) is 6.08 Å². The van der Waals surface area contributed by atoms with E-state index in [1.54, 1.807) is 0 Å². The average Bonchev–Trinajstić information content (AvgIpc) is 2.70. The standard InChI is InChI=1S/C8H10N2O3S/c1-2-7-9-8(10-13-7)6-3-4-14(11,12)5-6/h2,6H,1,3-5H2. The third kappa shape index (κ3) is 1.70. The van der Waals surface area contributed by atoms with E-state index in [2.05, 4.69) is 16.7 Å². The molecule has 0 bridgehead atoms. The first-order chi connectivity index (χ1) is 6.61. The highest BCUT2D eigenvalue weighted by molar-refractivity contribution is 7.91. The van der Waals surface area contributed by atoms with Crippen LogP contribution in [-0.4, -0.2) is 30.1 Å². The summed E-state index contributed by atoms with van der Waals surface area (Å²) < 4.78 is 27.2. The summed E-state index contributed by atoms with van der Waals surface area (Å²) in [5.74, 6) is 1.04. The lowest BCUT2D eigenvalue weighted by molar-refractivity contribution is 0.399. The fourth-order valence-electron chi connectivity index (χ4n) is 1.49. The molecular weight excluding hydrogens is 204 g/mol. The van der Waals surface area contributed by atoms with Crippen molar-refractivity contribution in [3.63, 3.8) is 0 Å². The minimum Gasteiger partial charge on any atom is -0.335 e. The Balaban J connectivity index is 2.21. The summed E-state index contributed by atoms with van der Waals surface area (Å²) in [5, 5.41) is 3.71. The fraction of sp³-hybridized carbons (Fsp3) is 0.500. The molecule has 1 aliphatic rings. The van der Waals surface area contributed by atoms with Crippen LogP contribution in [0, 0.1) is 0 Å². The Morgan fingerprint density at radius 2 is 2.36 bits per heavy atom. The molecule has 1 aliphatic heterocycles. The molecule has 1 fully saturated rings. The van der Waals surface area contributed by atoms with Crippen LogP contribution in [0.15, 0.2) is 11.1 Å². The molecule has 0 amide bonds. The van der Waals surface area contributed by atoms with Gasteiger partial charge in [-0.05, 0) is 12.5 Å². The van der Waals surface area contributed by atoms with E-state index in [0.717, 1.165) is 0 Å². The van der Waals surface area contributed by atoms with Gasteiger partial charge in [-0.15, -0.1) is 0 Å². The van der Waals surface area contributed by atoms with Crippen molar-refractivity contribution in [3.05, 3.63) is 18.3 Å². The third-order valence-corrected chi connectivity index (χ3v) is 4.00. The van der Waals surface area contributed by atoms with Crippen LogP contribution in [-0.2, 0) is 9.84 Å². The van der Waals surface area contributed by atoms with Crippen LogP contribution in [0.3, 0.4) is 0 Å². The van der Waals surface area contributed by atoms with Gasteiger partial charge < -0.3 is 4.52 Å². The molecule has 2 rings (SSSR count). The van der Waals surface area contributed by atoms with Crippen LogP contribution in [0.2, 0.25) is 0 Å². The first-order valence-electron chi connectivity index (χ1n) is 4.27. The van der Waals surface area contributed by atoms with Crippen molar-refractivity contribution >= 4 is 15.9 Å². The van der Waals surface area contributed by atoms with Crippen molar-refractivity contribution < 1.29 is 12.9 Å².